The molecule has 0 radical (unpaired) electrons. The van der Waals surface area contributed by atoms with Crippen LogP contribution in [0.25, 0.3) is 0 Å². The number of hydrogen-bond acceptors (Lipinski definition) is 1. The Morgan fingerprint density at radius 1 is 0.395 bits per heavy atom. The Morgan fingerprint density at radius 3 is 0.763 bits per heavy atom. The highest BCUT2D eigenvalue weighted by atomic mass is 16.4. The van der Waals surface area contributed by atoms with Gasteiger partial charge >= 0.3 is 5.97 Å². The Morgan fingerprint density at radius 2 is 0.579 bits per heavy atom. The van der Waals surface area contributed by atoms with Gasteiger partial charge in [0.25, 0.3) is 0 Å². The lowest BCUT2D eigenvalue weighted by atomic mass is 10.0. The van der Waals surface area contributed by atoms with Gasteiger partial charge in [0.05, 0.1) is 0 Å². The minimum Gasteiger partial charge on any atom is -0.478 e. The number of rotatable bonds is 33. The molecule has 0 aromatic heterocycles. The lowest BCUT2D eigenvalue weighted by Crippen LogP contribution is -1.98. The Kier molecular flexibility index (Phi) is 31.7. The fourth-order valence-corrected chi connectivity index (χ4v) is 5.65. The summed E-state index contributed by atoms with van der Waals surface area (Å²) in [6.45, 7) is 5.89. The molecule has 0 saturated heterocycles. The fraction of sp³-hybridized carbons (Fsp3) is 0.917. The molecule has 0 aromatic rings. The second-order valence-electron chi connectivity index (χ2n) is 12.3. The molecule has 0 heterocycles. The molecule has 2 nitrogen and oxygen atoms in total. The first-order chi connectivity index (χ1) is 18.7. The van der Waals surface area contributed by atoms with Crippen LogP contribution < -0.4 is 0 Å². The van der Waals surface area contributed by atoms with Crippen molar-refractivity contribution in [1.82, 2.24) is 0 Å². The van der Waals surface area contributed by atoms with Crippen molar-refractivity contribution in [2.45, 2.75) is 212 Å². The van der Waals surface area contributed by atoms with Crippen LogP contribution in [-0.4, -0.2) is 11.1 Å². The minimum absolute atomic E-state index is 0.361. The molecule has 0 amide bonds. The molecule has 0 atom stereocenters. The van der Waals surface area contributed by atoms with E-state index in [2.05, 4.69) is 13.5 Å². The van der Waals surface area contributed by atoms with Gasteiger partial charge in [-0.2, -0.15) is 0 Å². The van der Waals surface area contributed by atoms with E-state index in [4.69, 9.17) is 5.11 Å². The van der Waals surface area contributed by atoms with E-state index in [1.54, 1.807) is 0 Å². The van der Waals surface area contributed by atoms with Gasteiger partial charge in [-0.05, 0) is 12.8 Å². The van der Waals surface area contributed by atoms with E-state index in [-0.39, 0.29) is 0 Å². The van der Waals surface area contributed by atoms with E-state index in [1.165, 1.54) is 186 Å². The summed E-state index contributed by atoms with van der Waals surface area (Å²) in [5.41, 5.74) is 0.361. The molecule has 0 rings (SSSR count). The van der Waals surface area contributed by atoms with E-state index >= 15 is 0 Å². The van der Waals surface area contributed by atoms with E-state index in [0.717, 1.165) is 12.8 Å². The summed E-state index contributed by atoms with van der Waals surface area (Å²) in [7, 11) is 0. The summed E-state index contributed by atoms with van der Waals surface area (Å²) in [6.07, 6.45) is 44.4. The van der Waals surface area contributed by atoms with Crippen molar-refractivity contribution in [2.75, 3.05) is 0 Å². The molecule has 1 N–H and O–H groups in total. The highest BCUT2D eigenvalue weighted by Crippen LogP contribution is 2.17. The van der Waals surface area contributed by atoms with Crippen molar-refractivity contribution in [1.29, 1.82) is 0 Å². The smallest absolute Gasteiger partial charge is 0.330 e. The summed E-state index contributed by atoms with van der Waals surface area (Å²) >= 11 is 0. The van der Waals surface area contributed by atoms with Gasteiger partial charge in [-0.25, -0.2) is 4.79 Å². The first-order valence-electron chi connectivity index (χ1n) is 17.6. The molecule has 0 saturated carbocycles. The van der Waals surface area contributed by atoms with Crippen molar-refractivity contribution in [3.8, 4) is 0 Å². The molecule has 0 aliphatic rings. The predicted octanol–water partition coefficient (Wildman–Crippen LogP) is 13.1. The maximum Gasteiger partial charge on any atom is 0.330 e. The van der Waals surface area contributed by atoms with Gasteiger partial charge in [0.2, 0.25) is 0 Å². The predicted molar refractivity (Wildman–Crippen MR) is 170 cm³/mol. The number of aliphatic carboxylic acids is 1. The van der Waals surface area contributed by atoms with Crippen LogP contribution in [0.2, 0.25) is 0 Å². The first-order valence-corrected chi connectivity index (χ1v) is 17.6. The molecule has 0 aliphatic heterocycles. The quantitative estimate of drug-likeness (QED) is 0.0671. The van der Waals surface area contributed by atoms with Gasteiger partial charge in [0.1, 0.15) is 0 Å². The van der Waals surface area contributed by atoms with Gasteiger partial charge in [0, 0.05) is 5.57 Å². The summed E-state index contributed by atoms with van der Waals surface area (Å²) in [5.74, 6) is -0.837. The van der Waals surface area contributed by atoms with Crippen molar-refractivity contribution < 1.29 is 9.90 Å². The average molecular weight is 535 g/mol. The molecule has 38 heavy (non-hydrogen) atoms. The molecule has 226 valence electrons. The van der Waals surface area contributed by atoms with Gasteiger partial charge in [0.15, 0.2) is 0 Å². The second kappa shape index (κ2) is 32.4. The van der Waals surface area contributed by atoms with Crippen LogP contribution in [-0.2, 0) is 4.79 Å². The Hall–Kier alpha value is -0.790. The Bertz CT molecular complexity index is 484. The van der Waals surface area contributed by atoms with Gasteiger partial charge in [-0.1, -0.05) is 206 Å². The first kappa shape index (κ1) is 37.2. The second-order valence-corrected chi connectivity index (χ2v) is 12.3. The van der Waals surface area contributed by atoms with Gasteiger partial charge in [-0.15, -0.1) is 0 Å². The van der Waals surface area contributed by atoms with E-state index in [1.807, 2.05) is 0 Å². The topological polar surface area (TPSA) is 37.3 Å². The van der Waals surface area contributed by atoms with Crippen LogP contribution in [0.15, 0.2) is 12.2 Å². The summed E-state index contributed by atoms with van der Waals surface area (Å²) in [6, 6.07) is 0. The molecule has 0 unspecified atom stereocenters. The molecule has 0 bridgehead atoms. The molecular weight excluding hydrogens is 464 g/mol. The van der Waals surface area contributed by atoms with E-state index < -0.39 is 5.97 Å². The molecule has 0 aromatic carbocycles. The molecule has 0 aliphatic carbocycles. The fourth-order valence-electron chi connectivity index (χ4n) is 5.65. The number of carbonyl (C=O) groups is 1. The van der Waals surface area contributed by atoms with Crippen LogP contribution in [0.5, 0.6) is 0 Å². The third-order valence-corrected chi connectivity index (χ3v) is 8.38. The van der Waals surface area contributed by atoms with E-state index in [0.29, 0.717) is 12.0 Å². The standard InChI is InChI=1S/C36H70O2/c1-3-4-5-6-7-8-9-10-11-12-13-14-15-16-17-18-19-20-21-22-23-24-25-26-27-28-29-30-31-32-33-34-35(2)36(37)38/h2-34H2,1H3,(H,37,38). The normalized spacial score (nSPS) is 11.3. The molecular formula is C36H70O2. The maximum absolute atomic E-state index is 10.7. The molecule has 2 heteroatoms. The van der Waals surface area contributed by atoms with Gasteiger partial charge in [-0.3, -0.25) is 0 Å². The van der Waals surface area contributed by atoms with Gasteiger partial charge < -0.3 is 5.11 Å². The van der Waals surface area contributed by atoms with Crippen molar-refractivity contribution in [2.24, 2.45) is 0 Å². The zero-order chi connectivity index (χ0) is 27.8. The lowest BCUT2D eigenvalue weighted by Gasteiger charge is -2.05. The van der Waals surface area contributed by atoms with Crippen molar-refractivity contribution >= 4 is 5.97 Å². The summed E-state index contributed by atoms with van der Waals surface area (Å²) in [4.78, 5) is 10.7. The number of carboxylic acids is 1. The monoisotopic (exact) mass is 535 g/mol. The number of unbranched alkanes of at least 4 members (excludes halogenated alkanes) is 30. The van der Waals surface area contributed by atoms with Crippen molar-refractivity contribution in [3.63, 3.8) is 0 Å². The van der Waals surface area contributed by atoms with Crippen LogP contribution >= 0.6 is 0 Å². The van der Waals surface area contributed by atoms with Crippen LogP contribution in [0.3, 0.4) is 0 Å². The van der Waals surface area contributed by atoms with Crippen LogP contribution in [0, 0.1) is 0 Å². The number of hydrogen-bond donors (Lipinski definition) is 1. The SMILES string of the molecule is C=C(CCCCCCCCCCCCCCCCCCCCCCCCCCCCCCCCC)C(=O)O. The average Bonchev–Trinajstić information content (AvgIpc) is 2.91. The molecule has 0 spiro atoms. The molecule has 0 fully saturated rings. The summed E-state index contributed by atoms with van der Waals surface area (Å²) < 4.78 is 0. The zero-order valence-electron chi connectivity index (χ0n) is 26.2. The lowest BCUT2D eigenvalue weighted by molar-refractivity contribution is -0.132. The maximum atomic E-state index is 10.7. The summed E-state index contributed by atoms with van der Waals surface area (Å²) in [5, 5.41) is 8.79. The third kappa shape index (κ3) is 31.4. The van der Waals surface area contributed by atoms with Crippen LogP contribution in [0.1, 0.15) is 212 Å². The third-order valence-electron chi connectivity index (χ3n) is 8.38. The number of carboxylic acid groups (broad SMARTS) is 1. The van der Waals surface area contributed by atoms with Crippen LogP contribution in [0.4, 0.5) is 0 Å². The highest BCUT2D eigenvalue weighted by Gasteiger charge is 2.02. The highest BCUT2D eigenvalue weighted by molar-refractivity contribution is 5.85. The minimum atomic E-state index is -0.837. The van der Waals surface area contributed by atoms with E-state index in [9.17, 15) is 4.79 Å². The largest absolute Gasteiger partial charge is 0.478 e. The Balaban J connectivity index is 3.06. The van der Waals surface area contributed by atoms with Crippen molar-refractivity contribution in [3.05, 3.63) is 12.2 Å². The Labute approximate surface area is 240 Å². The zero-order valence-corrected chi connectivity index (χ0v) is 26.2.